The van der Waals surface area contributed by atoms with Crippen LogP contribution in [-0.2, 0) is 73.9 Å². The van der Waals surface area contributed by atoms with Crippen molar-refractivity contribution in [3.05, 3.63) is 28.8 Å². The maximum atomic E-state index is 14.9. The van der Waals surface area contributed by atoms with Crippen molar-refractivity contribution in [1.82, 2.24) is 31.1 Å². The molecule has 0 spiro atoms. The molecule has 1 aromatic carbocycles. The molecule has 2 aliphatic heterocycles. The van der Waals surface area contributed by atoms with E-state index in [0.717, 1.165) is 16.7 Å². The van der Waals surface area contributed by atoms with E-state index >= 15 is 0 Å². The smallest absolute Gasteiger partial charge is 0.398 e. The minimum atomic E-state index is -5.60. The molecule has 70 heavy (non-hydrogen) atoms. The van der Waals surface area contributed by atoms with Crippen LogP contribution in [0, 0.1) is 11.8 Å². The lowest BCUT2D eigenvalue weighted by Crippen LogP contribution is -2.66. The Bertz CT molecular complexity index is 2340. The van der Waals surface area contributed by atoms with Gasteiger partial charge in [-0.05, 0) is 62.1 Å². The molecule has 30 heteroatoms. The van der Waals surface area contributed by atoms with Crippen molar-refractivity contribution in [2.75, 3.05) is 20.2 Å². The number of rotatable bonds is 17. The minimum absolute atomic E-state index is 0.0245. The Morgan fingerprint density at radius 3 is 2.17 bits per heavy atom. The number of nitrogens with two attached hydrogens (primary N) is 2. The second kappa shape index (κ2) is 25.6. The minimum Gasteiger partial charge on any atom is -0.506 e. The fourth-order valence-electron chi connectivity index (χ4n) is 7.52. The van der Waals surface area contributed by atoms with Crippen LogP contribution in [0.4, 0.5) is 0 Å². The number of carbonyl (C=O) groups excluding carboxylic acids is 7. The highest BCUT2D eigenvalue weighted by atomic mass is 35.5. The van der Waals surface area contributed by atoms with Crippen molar-refractivity contribution in [3.63, 3.8) is 0 Å². The Labute approximate surface area is 409 Å². The average Bonchev–Trinajstić information content (AvgIpc) is 3.27. The van der Waals surface area contributed by atoms with Crippen LogP contribution in [0.5, 0.6) is 5.75 Å². The number of guanidine groups is 1. The van der Waals surface area contributed by atoms with Gasteiger partial charge in [-0.1, -0.05) is 58.2 Å². The molecule has 27 nitrogen and oxygen atoms in total. The number of phenols is 1. The predicted octanol–water partition coefficient (Wildman–Crippen LogP) is -2.24. The summed E-state index contributed by atoms with van der Waals surface area (Å²) in [7, 11) is -9.72. The summed E-state index contributed by atoms with van der Waals surface area (Å²) in [5.74, 6) is -10.1. The van der Waals surface area contributed by atoms with Gasteiger partial charge in [-0.3, -0.25) is 42.9 Å². The zero-order chi connectivity index (χ0) is 53.0. The second-order valence-electron chi connectivity index (χ2n) is 16.9. The summed E-state index contributed by atoms with van der Waals surface area (Å²) in [5, 5.41) is 31.0. The monoisotopic (exact) mass is 1060 g/mol. The highest BCUT2D eigenvalue weighted by Crippen LogP contribution is 2.29. The molecule has 0 aliphatic carbocycles. The molecule has 2 fully saturated rings. The molecule has 2 aliphatic rings. The molecule has 394 valence electrons. The number of aliphatic hydroxyl groups excluding tert-OH is 1. The van der Waals surface area contributed by atoms with Gasteiger partial charge in [0.25, 0.3) is 5.91 Å². The largest absolute Gasteiger partial charge is 0.506 e. The van der Waals surface area contributed by atoms with Gasteiger partial charge in [-0.15, -0.1) is 0 Å². The third kappa shape index (κ3) is 16.9. The number of amides is 6. The number of benzene rings is 1. The Morgan fingerprint density at radius 2 is 1.60 bits per heavy atom. The number of phenolic OH excluding ortho intramolecular Hbond substituents is 1. The molecule has 0 aromatic heterocycles. The molecule has 1 aromatic rings. The van der Waals surface area contributed by atoms with Gasteiger partial charge in [0.15, 0.2) is 12.1 Å². The van der Waals surface area contributed by atoms with E-state index in [-0.39, 0.29) is 68.2 Å². The number of nitrogens with one attached hydrogen (secondary N) is 4. The first-order valence-electron chi connectivity index (χ1n) is 22.0. The Balaban J connectivity index is 2.31. The molecule has 0 saturated carbocycles. The summed E-state index contributed by atoms with van der Waals surface area (Å²) >= 11 is 6.21. The summed E-state index contributed by atoms with van der Waals surface area (Å²) in [6, 6.07) is -5.83. The highest BCUT2D eigenvalue weighted by Gasteiger charge is 2.47. The number of nitrogens with zero attached hydrogens (tertiary/aromatic N) is 3. The van der Waals surface area contributed by atoms with E-state index in [1.165, 1.54) is 25.2 Å². The summed E-state index contributed by atoms with van der Waals surface area (Å²) in [6.07, 6.45) is -6.60. The number of aromatic hydroxyl groups is 1. The van der Waals surface area contributed by atoms with Crippen LogP contribution < -0.4 is 32.7 Å². The summed E-state index contributed by atoms with van der Waals surface area (Å²) < 4.78 is 78.6. The highest BCUT2D eigenvalue weighted by molar-refractivity contribution is 7.81. The first-order chi connectivity index (χ1) is 32.5. The van der Waals surface area contributed by atoms with E-state index < -0.39 is 135 Å². The number of likely N-dealkylation sites (N-methyl/N-ethyl adjacent to an activating group) is 1. The first-order valence-corrected chi connectivity index (χ1v) is 25.1. The number of aliphatic imine (C=N–C) groups is 1. The summed E-state index contributed by atoms with van der Waals surface area (Å²) in [6.45, 7) is 5.89. The lowest BCUT2D eigenvalue weighted by atomic mass is 9.91. The maximum Gasteiger partial charge on any atom is 0.398 e. The average molecular weight is 1060 g/mol. The van der Waals surface area contributed by atoms with Gasteiger partial charge >= 0.3 is 26.8 Å². The van der Waals surface area contributed by atoms with Crippen LogP contribution in [0.3, 0.4) is 0 Å². The van der Waals surface area contributed by atoms with E-state index in [0.29, 0.717) is 5.56 Å². The van der Waals surface area contributed by atoms with Gasteiger partial charge in [0.1, 0.15) is 60.9 Å². The molecule has 2 saturated heterocycles. The second-order valence-corrected chi connectivity index (χ2v) is 19.4. The van der Waals surface area contributed by atoms with Crippen molar-refractivity contribution in [1.29, 1.82) is 0 Å². The zero-order valence-corrected chi connectivity index (χ0v) is 41.5. The van der Waals surface area contributed by atoms with Crippen molar-refractivity contribution in [3.8, 4) is 5.75 Å². The van der Waals surface area contributed by atoms with Gasteiger partial charge in [-0.2, -0.15) is 16.8 Å². The summed E-state index contributed by atoms with van der Waals surface area (Å²) in [4.78, 5) is 106. The fourth-order valence-corrected chi connectivity index (χ4v) is 8.46. The number of ether oxygens (including phenoxy) is 1. The molecule has 6 amide bonds. The molecule has 11 atom stereocenters. The lowest BCUT2D eigenvalue weighted by Gasteiger charge is -2.44. The molecule has 2 bridgehead atoms. The van der Waals surface area contributed by atoms with Crippen LogP contribution in [0.15, 0.2) is 23.2 Å². The number of esters is 1. The number of cyclic esters (lactones) is 1. The zero-order valence-electron chi connectivity index (χ0n) is 39.1. The number of halogens is 1. The molecule has 0 radical (unpaired) electrons. The first kappa shape index (κ1) is 58.9. The molecular weight excluding hydrogens is 994 g/mol. The Hall–Kier alpha value is -5.43. The van der Waals surface area contributed by atoms with Crippen LogP contribution in [-0.4, -0.2) is 168 Å². The van der Waals surface area contributed by atoms with E-state index in [1.54, 1.807) is 27.7 Å². The van der Waals surface area contributed by atoms with Crippen molar-refractivity contribution >= 4 is 79.8 Å². The van der Waals surface area contributed by atoms with Gasteiger partial charge in [0.05, 0.1) is 5.02 Å². The van der Waals surface area contributed by atoms with Crippen LogP contribution in [0.2, 0.25) is 5.02 Å². The lowest BCUT2D eigenvalue weighted by molar-refractivity contribution is -0.168. The van der Waals surface area contributed by atoms with Crippen LogP contribution in [0.25, 0.3) is 0 Å². The van der Waals surface area contributed by atoms with Gasteiger partial charge in [0, 0.05) is 20.0 Å². The number of piperidine rings is 1. The maximum absolute atomic E-state index is 14.9. The molecule has 5 unspecified atom stereocenters. The number of aliphatic hydroxyl groups is 1. The van der Waals surface area contributed by atoms with E-state index in [1.807, 2.05) is 5.32 Å². The van der Waals surface area contributed by atoms with Gasteiger partial charge in [0.2, 0.25) is 29.5 Å². The van der Waals surface area contributed by atoms with E-state index in [2.05, 4.69) is 29.3 Å². The van der Waals surface area contributed by atoms with Gasteiger partial charge < -0.3 is 57.5 Å². The fraction of sp³-hybridized carbons (Fsp3) is 0.650. The van der Waals surface area contributed by atoms with E-state index in [9.17, 15) is 65.2 Å². The van der Waals surface area contributed by atoms with Crippen molar-refractivity contribution in [2.24, 2.45) is 28.3 Å². The standard InChI is InChI=1S/C40H62ClN9O18S2/c1-7-19(3)30-39(59)67-21(5)31(48-35(55)28(68-70(63,64)65)18-66-69(60,61)62)36(56)45-24(10-9-15-44-40(42)43)33(53)46-25-12-14-29(52)50(37(25)57)32(20(4)8-2)38(58)49(6)26(34(54)47-30)17-22-11-13-27(51)23(41)16-22/h11,13,16,19-21,24-26,28-32,51-52H,7-10,12,14-15,17-18H2,1-6H3,(H,45,56)(H,46,53)(H,47,54)(H,48,55)(H4,42,43,44)(H,60,61,62)(H,63,64,65)/t19?,20?,21-,24-,25?,26?,28?,29+,30-,31-,32-/m0/s1. The number of fused-ring (bicyclic) bond motifs is 2. The Morgan fingerprint density at radius 1 is 0.957 bits per heavy atom. The van der Waals surface area contributed by atoms with Gasteiger partial charge in [-0.25, -0.2) is 13.2 Å². The molecule has 3 rings (SSSR count). The van der Waals surface area contributed by atoms with E-state index in [4.69, 9.17) is 32.4 Å². The third-order valence-corrected chi connectivity index (χ3v) is 13.0. The topological polar surface area (TPSA) is 415 Å². The molecule has 2 heterocycles. The number of hydrogen-bond acceptors (Lipinski definition) is 17. The van der Waals surface area contributed by atoms with Crippen LogP contribution >= 0.6 is 11.6 Å². The molecular formula is C40H62ClN9O18S2. The van der Waals surface area contributed by atoms with Crippen molar-refractivity contribution < 1.29 is 82.8 Å². The third-order valence-electron chi connectivity index (χ3n) is 11.8. The number of hydrogen-bond donors (Lipinski definition) is 10. The SMILES string of the molecule is CCC(C)[C@@H]1NC(=O)C(Cc2ccc(O)c(Cl)c2)N(C)C(=O)[C@H](C(C)CC)N2C(=O)C(CC[C@H]2O)NC(=O)[C@H](CCCN=C(N)N)NC(=O)[C@@H](NC(=O)C(COS(=O)(=O)O)OS(=O)(=O)O)[C@H](C)OC1=O. The summed E-state index contributed by atoms with van der Waals surface area (Å²) in [5.41, 5.74) is 11.2. The van der Waals surface area contributed by atoms with Crippen molar-refractivity contribution in [2.45, 2.75) is 134 Å². The number of carbonyl (C=O) groups is 7. The predicted molar refractivity (Wildman–Crippen MR) is 245 cm³/mol. The quantitative estimate of drug-likeness (QED) is 0.0259. The Kier molecular flexibility index (Phi) is 21.5. The molecule has 12 N–H and O–H groups in total. The van der Waals surface area contributed by atoms with Crippen LogP contribution in [0.1, 0.15) is 78.7 Å². The normalized spacial score (nSPS) is 26.0.